The van der Waals surface area contributed by atoms with Crippen molar-refractivity contribution in [3.63, 3.8) is 0 Å². The van der Waals surface area contributed by atoms with Gasteiger partial charge in [-0.3, -0.25) is 0 Å². The number of hydrogen-bond acceptors (Lipinski definition) is 4. The van der Waals surface area contributed by atoms with Crippen LogP contribution in [-0.4, -0.2) is 28.2 Å². The molecule has 0 heterocycles. The zero-order valence-electron chi connectivity index (χ0n) is 11.1. The molecule has 0 aliphatic carbocycles. The molecule has 0 spiro atoms. The fourth-order valence-corrected chi connectivity index (χ4v) is 1.62. The molecule has 2 aromatic carbocycles. The fraction of sp³-hybridized carbons (Fsp3) is 0.188. The molecule has 0 atom stereocenters. The minimum atomic E-state index is 0.128. The lowest BCUT2D eigenvalue weighted by Crippen LogP contribution is -1.88. The minimum absolute atomic E-state index is 0.128. The lowest BCUT2D eigenvalue weighted by molar-refractivity contribution is -0.107. The van der Waals surface area contributed by atoms with Gasteiger partial charge < -0.3 is 20.1 Å². The number of phenolic OH excluding ortho intramolecular Hbond substituents is 2. The molecule has 2 rings (SSSR count). The fourth-order valence-electron chi connectivity index (χ4n) is 1.62. The third-order valence-corrected chi connectivity index (χ3v) is 2.54. The molecule has 0 radical (unpaired) electrons. The first-order valence-electron chi connectivity index (χ1n) is 6.26. The number of hydrogen-bond donors (Lipinski definition) is 3. The second kappa shape index (κ2) is 8.72. The van der Waals surface area contributed by atoms with Crippen LogP contribution in [-0.2, 0) is 17.6 Å². The van der Waals surface area contributed by atoms with Gasteiger partial charge in [-0.1, -0.05) is 24.3 Å². The van der Waals surface area contributed by atoms with Crippen LogP contribution in [0.1, 0.15) is 11.1 Å². The Labute approximate surface area is 117 Å². The van der Waals surface area contributed by atoms with Crippen LogP contribution < -0.4 is 0 Å². The number of phenols is 2. The van der Waals surface area contributed by atoms with E-state index in [1.54, 1.807) is 42.5 Å². The van der Waals surface area contributed by atoms with Gasteiger partial charge in [0.15, 0.2) is 0 Å². The summed E-state index contributed by atoms with van der Waals surface area (Å²) in [5, 5.41) is 26.4. The van der Waals surface area contributed by atoms with E-state index in [0.29, 0.717) is 12.8 Å². The summed E-state index contributed by atoms with van der Waals surface area (Å²) in [6.45, 7) is 0.128. The first-order chi connectivity index (χ1) is 9.65. The average Bonchev–Trinajstić information content (AvgIpc) is 2.40. The van der Waals surface area contributed by atoms with Gasteiger partial charge in [-0.25, -0.2) is 0 Å². The molecule has 4 heteroatoms. The van der Waals surface area contributed by atoms with Gasteiger partial charge in [-0.15, -0.1) is 0 Å². The van der Waals surface area contributed by atoms with Gasteiger partial charge in [0.1, 0.15) is 17.8 Å². The number of carbonyl (C=O) groups excluding carboxylic acids is 1. The highest BCUT2D eigenvalue weighted by molar-refractivity contribution is 5.55. The molecule has 0 bridgehead atoms. The smallest absolute Gasteiger partial charge is 0.124 e. The van der Waals surface area contributed by atoms with Gasteiger partial charge in [0, 0.05) is 13.0 Å². The van der Waals surface area contributed by atoms with Crippen molar-refractivity contribution in [3.05, 3.63) is 59.7 Å². The predicted octanol–water partition coefficient (Wildman–Crippen LogP) is 2.06. The number of benzene rings is 2. The molecule has 106 valence electrons. The normalized spacial score (nSPS) is 9.45. The molecule has 0 saturated heterocycles. The Hall–Kier alpha value is -2.33. The SMILES string of the molecule is O=CCc1cccc(O)c1.OCCc1cccc(O)c1. The van der Waals surface area contributed by atoms with E-state index in [9.17, 15) is 4.79 Å². The second-order valence-electron chi connectivity index (χ2n) is 4.18. The van der Waals surface area contributed by atoms with E-state index < -0.39 is 0 Å². The van der Waals surface area contributed by atoms with Crippen molar-refractivity contribution in [2.45, 2.75) is 12.8 Å². The van der Waals surface area contributed by atoms with E-state index in [2.05, 4.69) is 0 Å². The van der Waals surface area contributed by atoms with Crippen molar-refractivity contribution >= 4 is 6.29 Å². The highest BCUT2D eigenvalue weighted by Gasteiger charge is 1.91. The topological polar surface area (TPSA) is 77.8 Å². The number of aldehydes is 1. The number of aliphatic hydroxyl groups excluding tert-OH is 1. The highest BCUT2D eigenvalue weighted by atomic mass is 16.3. The first-order valence-corrected chi connectivity index (χ1v) is 6.26. The van der Waals surface area contributed by atoms with Crippen LogP contribution in [0.15, 0.2) is 48.5 Å². The largest absolute Gasteiger partial charge is 0.508 e. The quantitative estimate of drug-likeness (QED) is 0.746. The van der Waals surface area contributed by atoms with Gasteiger partial charge in [-0.2, -0.15) is 0 Å². The van der Waals surface area contributed by atoms with Crippen LogP contribution >= 0.6 is 0 Å². The molecule has 0 aliphatic rings. The van der Waals surface area contributed by atoms with Crippen LogP contribution in [0.4, 0.5) is 0 Å². The van der Waals surface area contributed by atoms with Crippen LogP contribution in [0, 0.1) is 0 Å². The number of aromatic hydroxyl groups is 2. The third-order valence-electron chi connectivity index (χ3n) is 2.54. The van der Waals surface area contributed by atoms with Crippen molar-refractivity contribution in [1.29, 1.82) is 0 Å². The Bertz CT molecular complexity index is 538. The van der Waals surface area contributed by atoms with E-state index in [0.717, 1.165) is 17.4 Å². The molecule has 0 unspecified atom stereocenters. The summed E-state index contributed by atoms with van der Waals surface area (Å²) in [5.74, 6) is 0.463. The lowest BCUT2D eigenvalue weighted by Gasteiger charge is -1.96. The number of aliphatic hydroxyl groups is 1. The summed E-state index contributed by atoms with van der Waals surface area (Å²) in [6, 6.07) is 13.6. The summed E-state index contributed by atoms with van der Waals surface area (Å²) in [4.78, 5) is 10.0. The molecule has 0 saturated carbocycles. The molecule has 0 aliphatic heterocycles. The van der Waals surface area contributed by atoms with Gasteiger partial charge in [0.05, 0.1) is 0 Å². The van der Waals surface area contributed by atoms with Crippen molar-refractivity contribution in [2.75, 3.05) is 6.61 Å². The first kappa shape index (κ1) is 15.7. The zero-order valence-corrected chi connectivity index (χ0v) is 11.1. The second-order valence-corrected chi connectivity index (χ2v) is 4.18. The van der Waals surface area contributed by atoms with E-state index >= 15 is 0 Å². The zero-order chi connectivity index (χ0) is 14.8. The van der Waals surface area contributed by atoms with E-state index in [4.69, 9.17) is 15.3 Å². The van der Waals surface area contributed by atoms with Gasteiger partial charge in [0.2, 0.25) is 0 Å². The Balaban J connectivity index is 0.000000200. The molecule has 0 fully saturated rings. The Morgan fingerprint density at radius 1 is 0.900 bits per heavy atom. The van der Waals surface area contributed by atoms with Crippen LogP contribution in [0.2, 0.25) is 0 Å². The van der Waals surface area contributed by atoms with Crippen molar-refractivity contribution in [1.82, 2.24) is 0 Å². The molecule has 0 aromatic heterocycles. The van der Waals surface area contributed by atoms with Crippen molar-refractivity contribution in [3.8, 4) is 11.5 Å². The average molecular weight is 274 g/mol. The Kier molecular flexibility index (Phi) is 6.85. The van der Waals surface area contributed by atoms with Crippen LogP contribution in [0.5, 0.6) is 11.5 Å². The molecular weight excluding hydrogens is 256 g/mol. The maximum absolute atomic E-state index is 10.0. The Morgan fingerprint density at radius 2 is 1.45 bits per heavy atom. The lowest BCUT2D eigenvalue weighted by atomic mass is 10.1. The van der Waals surface area contributed by atoms with Gasteiger partial charge in [0.25, 0.3) is 0 Å². The molecular formula is C16H18O4. The molecule has 4 nitrogen and oxygen atoms in total. The van der Waals surface area contributed by atoms with Crippen molar-refractivity contribution < 1.29 is 20.1 Å². The monoisotopic (exact) mass is 274 g/mol. The van der Waals surface area contributed by atoms with E-state index in [1.165, 1.54) is 0 Å². The maximum Gasteiger partial charge on any atom is 0.124 e. The Morgan fingerprint density at radius 3 is 1.95 bits per heavy atom. The summed E-state index contributed by atoms with van der Waals surface area (Å²) >= 11 is 0. The van der Waals surface area contributed by atoms with E-state index in [1.807, 2.05) is 6.07 Å². The number of rotatable bonds is 4. The molecule has 20 heavy (non-hydrogen) atoms. The van der Waals surface area contributed by atoms with Gasteiger partial charge >= 0.3 is 0 Å². The molecule has 3 N–H and O–H groups in total. The molecule has 0 amide bonds. The van der Waals surface area contributed by atoms with Crippen LogP contribution in [0.25, 0.3) is 0 Å². The number of carbonyl (C=O) groups is 1. The minimum Gasteiger partial charge on any atom is -0.508 e. The molecule has 2 aromatic rings. The predicted molar refractivity (Wildman–Crippen MR) is 76.8 cm³/mol. The van der Waals surface area contributed by atoms with Crippen molar-refractivity contribution in [2.24, 2.45) is 0 Å². The third kappa shape index (κ3) is 6.02. The highest BCUT2D eigenvalue weighted by Crippen LogP contribution is 2.11. The summed E-state index contributed by atoms with van der Waals surface area (Å²) in [7, 11) is 0. The summed E-state index contributed by atoms with van der Waals surface area (Å²) in [6.07, 6.45) is 1.79. The maximum atomic E-state index is 10.0. The summed E-state index contributed by atoms with van der Waals surface area (Å²) in [5.41, 5.74) is 1.80. The summed E-state index contributed by atoms with van der Waals surface area (Å²) < 4.78 is 0. The standard InChI is InChI=1S/C8H10O2.C8H8O2/c2*9-5-4-7-2-1-3-8(10)6-7/h1-3,6,9-10H,4-5H2;1-3,5-6,10H,4H2. The van der Waals surface area contributed by atoms with E-state index in [-0.39, 0.29) is 18.1 Å². The van der Waals surface area contributed by atoms with Crippen LogP contribution in [0.3, 0.4) is 0 Å². The van der Waals surface area contributed by atoms with Gasteiger partial charge in [-0.05, 0) is 41.8 Å².